The molecule has 19 heavy (non-hydrogen) atoms. The molecule has 1 aromatic carbocycles. The van der Waals surface area contributed by atoms with E-state index in [-0.39, 0.29) is 6.61 Å². The minimum absolute atomic E-state index is 0.0541. The van der Waals surface area contributed by atoms with Gasteiger partial charge in [0, 0.05) is 0 Å². The molecule has 0 unspecified atom stereocenters. The highest BCUT2D eigenvalue weighted by molar-refractivity contribution is 5.67. The lowest BCUT2D eigenvalue weighted by molar-refractivity contribution is -0.210. The Morgan fingerprint density at radius 1 is 1.37 bits per heavy atom. The number of hydrogen-bond donors (Lipinski definition) is 2. The third-order valence-electron chi connectivity index (χ3n) is 2.37. The maximum Gasteiger partial charge on any atom is 0.416 e. The Morgan fingerprint density at radius 3 is 2.47 bits per heavy atom. The van der Waals surface area contributed by atoms with Crippen LogP contribution < -0.4 is 5.32 Å². The number of aliphatic hydroxyl groups is 1. The molecule has 2 atom stereocenters. The van der Waals surface area contributed by atoms with Crippen LogP contribution in [0.15, 0.2) is 30.3 Å². The van der Waals surface area contributed by atoms with Crippen molar-refractivity contribution < 1.29 is 27.8 Å². The molecule has 0 fully saturated rings. The second-order valence-corrected chi connectivity index (χ2v) is 3.98. The van der Waals surface area contributed by atoms with Gasteiger partial charge in [-0.25, -0.2) is 4.79 Å². The van der Waals surface area contributed by atoms with Crippen LogP contribution in [0.25, 0.3) is 0 Å². The summed E-state index contributed by atoms with van der Waals surface area (Å²) in [4.78, 5) is 11.2. The Hall–Kier alpha value is -1.76. The molecule has 2 N–H and O–H groups in total. The van der Waals surface area contributed by atoms with Crippen LogP contribution in [-0.4, -0.2) is 29.5 Å². The van der Waals surface area contributed by atoms with Crippen molar-refractivity contribution in [1.82, 2.24) is 5.32 Å². The fourth-order valence-electron chi connectivity index (χ4n) is 1.31. The molecule has 1 aromatic rings. The highest BCUT2D eigenvalue weighted by Crippen LogP contribution is 2.22. The van der Waals surface area contributed by atoms with Crippen molar-refractivity contribution in [2.24, 2.45) is 0 Å². The van der Waals surface area contributed by atoms with Crippen LogP contribution >= 0.6 is 0 Å². The first kappa shape index (κ1) is 15.3. The van der Waals surface area contributed by atoms with Crippen molar-refractivity contribution in [1.29, 1.82) is 0 Å². The maximum absolute atomic E-state index is 12.2. The van der Waals surface area contributed by atoms with E-state index in [0.29, 0.717) is 5.56 Å². The molecule has 0 saturated carbocycles. The molecule has 0 aromatic heterocycles. The van der Waals surface area contributed by atoms with Crippen LogP contribution in [0.2, 0.25) is 0 Å². The predicted octanol–water partition coefficient (Wildman–Crippen LogP) is 2.22. The number of carbonyl (C=O) groups is 1. The van der Waals surface area contributed by atoms with Gasteiger partial charge in [-0.05, 0) is 12.5 Å². The van der Waals surface area contributed by atoms with Gasteiger partial charge in [0.15, 0.2) is 6.10 Å². The molecule has 0 aliphatic rings. The Bertz CT molecular complexity index is 408. The number of aliphatic hydroxyl groups excluding tert-OH is 1. The van der Waals surface area contributed by atoms with Crippen LogP contribution in [0.5, 0.6) is 0 Å². The number of hydrogen-bond acceptors (Lipinski definition) is 3. The van der Waals surface area contributed by atoms with Gasteiger partial charge in [-0.15, -0.1) is 0 Å². The quantitative estimate of drug-likeness (QED) is 0.887. The van der Waals surface area contributed by atoms with Gasteiger partial charge >= 0.3 is 12.3 Å². The summed E-state index contributed by atoms with van der Waals surface area (Å²) in [6, 6.07) is 7.20. The largest absolute Gasteiger partial charge is 0.445 e. The monoisotopic (exact) mass is 277 g/mol. The summed E-state index contributed by atoms with van der Waals surface area (Å²) in [6.45, 7) is 0.990. The van der Waals surface area contributed by atoms with Gasteiger partial charge in [-0.3, -0.25) is 0 Å². The minimum atomic E-state index is -4.79. The first-order valence-corrected chi connectivity index (χ1v) is 5.52. The zero-order chi connectivity index (χ0) is 14.5. The summed E-state index contributed by atoms with van der Waals surface area (Å²) in [6.07, 6.45) is -8.43. The molecule has 0 radical (unpaired) electrons. The van der Waals surface area contributed by atoms with E-state index in [1.54, 1.807) is 30.3 Å². The predicted molar refractivity (Wildman–Crippen MR) is 61.3 cm³/mol. The summed E-state index contributed by atoms with van der Waals surface area (Å²) in [5.41, 5.74) is 0.710. The van der Waals surface area contributed by atoms with Crippen molar-refractivity contribution in [2.45, 2.75) is 31.9 Å². The lowest BCUT2D eigenvalue weighted by atomic mass is 10.2. The molecule has 0 spiro atoms. The van der Waals surface area contributed by atoms with Crippen LogP contribution in [0.1, 0.15) is 12.5 Å². The topological polar surface area (TPSA) is 58.6 Å². The Morgan fingerprint density at radius 2 is 1.95 bits per heavy atom. The van der Waals surface area contributed by atoms with Crippen molar-refractivity contribution in [3.05, 3.63) is 35.9 Å². The van der Waals surface area contributed by atoms with E-state index in [4.69, 9.17) is 9.84 Å². The summed E-state index contributed by atoms with van der Waals surface area (Å²) >= 11 is 0. The molecule has 0 aliphatic carbocycles. The number of ether oxygens (including phenoxy) is 1. The zero-order valence-electron chi connectivity index (χ0n) is 10.1. The highest BCUT2D eigenvalue weighted by atomic mass is 19.4. The average molecular weight is 277 g/mol. The van der Waals surface area contributed by atoms with E-state index in [0.717, 1.165) is 6.92 Å². The minimum Gasteiger partial charge on any atom is -0.445 e. The number of rotatable bonds is 4. The lowest BCUT2D eigenvalue weighted by Crippen LogP contribution is -2.48. The van der Waals surface area contributed by atoms with Crippen LogP contribution in [-0.2, 0) is 11.3 Å². The maximum atomic E-state index is 12.2. The number of carbonyl (C=O) groups excluding carboxylic acids is 1. The lowest BCUT2D eigenvalue weighted by Gasteiger charge is -2.22. The van der Waals surface area contributed by atoms with Crippen molar-refractivity contribution >= 4 is 6.09 Å². The summed E-state index contributed by atoms with van der Waals surface area (Å²) < 4.78 is 41.2. The first-order valence-electron chi connectivity index (χ1n) is 5.52. The molecule has 1 amide bonds. The summed E-state index contributed by atoms with van der Waals surface area (Å²) in [5.74, 6) is 0. The molecule has 0 aliphatic heterocycles. The van der Waals surface area contributed by atoms with Gasteiger partial charge in [0.2, 0.25) is 0 Å². The van der Waals surface area contributed by atoms with Gasteiger partial charge < -0.3 is 15.2 Å². The normalized spacial score (nSPS) is 14.6. The first-order chi connectivity index (χ1) is 8.80. The number of alkyl halides is 3. The molecular weight excluding hydrogens is 263 g/mol. The number of alkyl carbamates (subject to hydrolysis) is 1. The third kappa shape index (κ3) is 5.17. The van der Waals surface area contributed by atoms with E-state index < -0.39 is 24.4 Å². The summed E-state index contributed by atoms with van der Waals surface area (Å²) in [7, 11) is 0. The van der Waals surface area contributed by atoms with Crippen LogP contribution in [0.4, 0.5) is 18.0 Å². The Labute approximate surface area is 108 Å². The van der Waals surface area contributed by atoms with E-state index >= 15 is 0 Å². The number of halogens is 3. The SMILES string of the molecule is C[C@@H](NC(=O)OCc1ccccc1)[C@@H](O)C(F)(F)F. The van der Waals surface area contributed by atoms with Gasteiger partial charge in [0.25, 0.3) is 0 Å². The summed E-state index contributed by atoms with van der Waals surface area (Å²) in [5, 5.41) is 10.8. The van der Waals surface area contributed by atoms with Crippen molar-refractivity contribution in [3.8, 4) is 0 Å². The molecule has 106 valence electrons. The standard InChI is InChI=1S/C12H14F3NO3/c1-8(10(17)12(13,14)15)16-11(18)19-7-9-5-3-2-4-6-9/h2-6,8,10,17H,7H2,1H3,(H,16,18)/t8-,10-/m1/s1. The van der Waals surface area contributed by atoms with E-state index in [1.165, 1.54) is 0 Å². The third-order valence-corrected chi connectivity index (χ3v) is 2.37. The molecule has 0 heterocycles. The smallest absolute Gasteiger partial charge is 0.416 e. The molecular formula is C12H14F3NO3. The zero-order valence-corrected chi connectivity index (χ0v) is 10.1. The molecule has 7 heteroatoms. The molecule has 0 saturated heterocycles. The van der Waals surface area contributed by atoms with E-state index in [2.05, 4.69) is 0 Å². The average Bonchev–Trinajstić information content (AvgIpc) is 2.35. The van der Waals surface area contributed by atoms with Gasteiger partial charge in [-0.2, -0.15) is 13.2 Å². The Kier molecular flexibility index (Phi) is 5.17. The van der Waals surface area contributed by atoms with Crippen LogP contribution in [0.3, 0.4) is 0 Å². The van der Waals surface area contributed by atoms with Crippen molar-refractivity contribution in [3.63, 3.8) is 0 Å². The Balaban J connectivity index is 2.39. The van der Waals surface area contributed by atoms with Crippen molar-refractivity contribution in [2.75, 3.05) is 0 Å². The molecule has 0 bridgehead atoms. The second kappa shape index (κ2) is 6.42. The second-order valence-electron chi connectivity index (χ2n) is 3.98. The number of benzene rings is 1. The molecule has 1 rings (SSSR count). The van der Waals surface area contributed by atoms with Gasteiger partial charge in [0.1, 0.15) is 6.61 Å². The number of nitrogens with one attached hydrogen (secondary N) is 1. The molecule has 4 nitrogen and oxygen atoms in total. The van der Waals surface area contributed by atoms with Crippen LogP contribution in [0, 0.1) is 0 Å². The fraction of sp³-hybridized carbons (Fsp3) is 0.417. The van der Waals surface area contributed by atoms with E-state index in [9.17, 15) is 18.0 Å². The van der Waals surface area contributed by atoms with E-state index in [1.807, 2.05) is 5.32 Å². The fourth-order valence-corrected chi connectivity index (χ4v) is 1.31. The highest BCUT2D eigenvalue weighted by Gasteiger charge is 2.42. The van der Waals surface area contributed by atoms with Gasteiger partial charge in [-0.1, -0.05) is 30.3 Å². The van der Waals surface area contributed by atoms with Gasteiger partial charge in [0.05, 0.1) is 6.04 Å². The number of amides is 1.